The molecular formula is C18H15F2N3O. The maximum atomic E-state index is 13.1. The molecule has 3 rings (SSSR count). The Hall–Kier alpha value is -3.02. The van der Waals surface area contributed by atoms with Crippen molar-refractivity contribution in [2.45, 2.75) is 12.8 Å². The fraction of sp³-hybridized carbons (Fsp3) is 0.111. The highest BCUT2D eigenvalue weighted by Crippen LogP contribution is 2.14. The molecule has 1 N–H and O–H groups in total. The van der Waals surface area contributed by atoms with Crippen LogP contribution in [-0.4, -0.2) is 15.5 Å². The Labute approximate surface area is 137 Å². The monoisotopic (exact) mass is 327 g/mol. The molecule has 0 fully saturated rings. The molecule has 0 aliphatic carbocycles. The molecule has 0 aliphatic rings. The molecule has 0 aliphatic heterocycles. The van der Waals surface area contributed by atoms with E-state index in [4.69, 9.17) is 0 Å². The van der Waals surface area contributed by atoms with Gasteiger partial charge in [-0.1, -0.05) is 6.07 Å². The largest absolute Gasteiger partial charge is 0.326 e. The van der Waals surface area contributed by atoms with E-state index < -0.39 is 11.6 Å². The van der Waals surface area contributed by atoms with E-state index >= 15 is 0 Å². The normalized spacial score (nSPS) is 10.6. The van der Waals surface area contributed by atoms with Crippen LogP contribution in [0.1, 0.15) is 12.0 Å². The molecular weight excluding hydrogens is 312 g/mol. The van der Waals surface area contributed by atoms with Gasteiger partial charge >= 0.3 is 0 Å². The Morgan fingerprint density at radius 3 is 2.54 bits per heavy atom. The van der Waals surface area contributed by atoms with Gasteiger partial charge in [0.25, 0.3) is 0 Å². The van der Waals surface area contributed by atoms with Crippen molar-refractivity contribution < 1.29 is 13.6 Å². The molecule has 0 unspecified atom stereocenters. The van der Waals surface area contributed by atoms with Crippen LogP contribution in [0.25, 0.3) is 5.69 Å². The van der Waals surface area contributed by atoms with E-state index in [1.807, 2.05) is 22.9 Å². The van der Waals surface area contributed by atoms with Crippen LogP contribution >= 0.6 is 0 Å². The molecule has 3 aromatic rings. The molecule has 24 heavy (non-hydrogen) atoms. The number of carbonyl (C=O) groups excluding carboxylic acids is 1. The lowest BCUT2D eigenvalue weighted by Crippen LogP contribution is -2.12. The van der Waals surface area contributed by atoms with Crippen molar-refractivity contribution >= 4 is 11.6 Å². The zero-order valence-corrected chi connectivity index (χ0v) is 12.7. The molecule has 6 heteroatoms. The molecule has 0 radical (unpaired) electrons. The summed E-state index contributed by atoms with van der Waals surface area (Å²) in [7, 11) is 0. The number of carbonyl (C=O) groups is 1. The summed E-state index contributed by atoms with van der Waals surface area (Å²) in [4.78, 5) is 15.9. The van der Waals surface area contributed by atoms with Gasteiger partial charge < -0.3 is 9.88 Å². The average Bonchev–Trinajstić information content (AvgIpc) is 3.11. The summed E-state index contributed by atoms with van der Waals surface area (Å²) in [6, 6.07) is 11.0. The molecule has 122 valence electrons. The summed E-state index contributed by atoms with van der Waals surface area (Å²) in [6.07, 6.45) is 5.74. The van der Waals surface area contributed by atoms with Gasteiger partial charge in [-0.05, 0) is 48.4 Å². The SMILES string of the molecule is O=C(CCc1ccc(F)c(F)c1)Nc1ccc(-n2ccnc2)cc1. The van der Waals surface area contributed by atoms with E-state index in [0.717, 1.165) is 17.8 Å². The van der Waals surface area contributed by atoms with Crippen LogP contribution in [0.15, 0.2) is 61.2 Å². The first-order valence-electron chi connectivity index (χ1n) is 7.44. The van der Waals surface area contributed by atoms with Crippen molar-refractivity contribution in [1.29, 1.82) is 0 Å². The van der Waals surface area contributed by atoms with Crippen molar-refractivity contribution in [3.8, 4) is 5.69 Å². The zero-order chi connectivity index (χ0) is 16.9. The molecule has 1 amide bonds. The highest BCUT2D eigenvalue weighted by Gasteiger charge is 2.06. The van der Waals surface area contributed by atoms with E-state index in [0.29, 0.717) is 17.7 Å². The lowest BCUT2D eigenvalue weighted by atomic mass is 10.1. The predicted octanol–water partition coefficient (Wildman–Crippen LogP) is 3.72. The van der Waals surface area contributed by atoms with Gasteiger partial charge in [-0.25, -0.2) is 13.8 Å². The summed E-state index contributed by atoms with van der Waals surface area (Å²) in [5.41, 5.74) is 2.20. The van der Waals surface area contributed by atoms with Gasteiger partial charge in [-0.15, -0.1) is 0 Å². The average molecular weight is 327 g/mol. The first-order valence-corrected chi connectivity index (χ1v) is 7.44. The molecule has 4 nitrogen and oxygen atoms in total. The Morgan fingerprint density at radius 2 is 1.88 bits per heavy atom. The molecule has 2 aromatic carbocycles. The zero-order valence-electron chi connectivity index (χ0n) is 12.7. The maximum absolute atomic E-state index is 13.1. The lowest BCUT2D eigenvalue weighted by Gasteiger charge is -2.07. The van der Waals surface area contributed by atoms with Crippen LogP contribution in [0.3, 0.4) is 0 Å². The first kappa shape index (κ1) is 15.9. The van der Waals surface area contributed by atoms with Gasteiger partial charge in [0, 0.05) is 30.2 Å². The highest BCUT2D eigenvalue weighted by atomic mass is 19.2. The van der Waals surface area contributed by atoms with Gasteiger partial charge in [-0.2, -0.15) is 0 Å². The van der Waals surface area contributed by atoms with Crippen molar-refractivity contribution in [3.63, 3.8) is 0 Å². The third-order valence-electron chi connectivity index (χ3n) is 3.58. The molecule has 0 spiro atoms. The minimum atomic E-state index is -0.900. The topological polar surface area (TPSA) is 46.9 Å². The number of aryl methyl sites for hydroxylation is 1. The number of hydrogen-bond acceptors (Lipinski definition) is 2. The third kappa shape index (κ3) is 3.84. The molecule has 0 saturated heterocycles. The molecule has 1 aromatic heterocycles. The number of benzene rings is 2. The van der Waals surface area contributed by atoms with Gasteiger partial charge in [-0.3, -0.25) is 4.79 Å². The first-order chi connectivity index (χ1) is 11.6. The number of hydrogen-bond donors (Lipinski definition) is 1. The van der Waals surface area contributed by atoms with Gasteiger partial charge in [0.2, 0.25) is 5.91 Å². The molecule has 0 saturated carbocycles. The maximum Gasteiger partial charge on any atom is 0.224 e. The van der Waals surface area contributed by atoms with Gasteiger partial charge in [0.15, 0.2) is 11.6 Å². The number of imidazole rings is 1. The number of anilines is 1. The summed E-state index contributed by atoms with van der Waals surface area (Å²) in [5.74, 6) is -1.97. The number of nitrogens with zero attached hydrogens (tertiary/aromatic N) is 2. The number of rotatable bonds is 5. The highest BCUT2D eigenvalue weighted by molar-refractivity contribution is 5.90. The van der Waals surface area contributed by atoms with Gasteiger partial charge in [0.1, 0.15) is 0 Å². The number of halogens is 2. The predicted molar refractivity (Wildman–Crippen MR) is 86.9 cm³/mol. The number of aromatic nitrogens is 2. The Bertz CT molecular complexity index is 830. The Kier molecular flexibility index (Phi) is 4.65. The van der Waals surface area contributed by atoms with Crippen LogP contribution in [0.2, 0.25) is 0 Å². The van der Waals surface area contributed by atoms with Gasteiger partial charge in [0.05, 0.1) is 6.33 Å². The number of nitrogens with one attached hydrogen (secondary N) is 1. The van der Waals surface area contributed by atoms with Crippen molar-refractivity contribution in [1.82, 2.24) is 9.55 Å². The van der Waals surface area contributed by atoms with E-state index in [2.05, 4.69) is 10.3 Å². The second-order valence-electron chi connectivity index (χ2n) is 5.31. The molecule has 0 bridgehead atoms. The third-order valence-corrected chi connectivity index (χ3v) is 3.58. The molecule has 0 atom stereocenters. The Morgan fingerprint density at radius 1 is 1.08 bits per heavy atom. The molecule has 1 heterocycles. The summed E-state index contributed by atoms with van der Waals surface area (Å²) in [6.45, 7) is 0. The summed E-state index contributed by atoms with van der Waals surface area (Å²) < 4.78 is 27.8. The van der Waals surface area contributed by atoms with Crippen molar-refractivity contribution in [2.75, 3.05) is 5.32 Å². The van der Waals surface area contributed by atoms with Crippen LogP contribution in [0, 0.1) is 11.6 Å². The van der Waals surface area contributed by atoms with Crippen LogP contribution < -0.4 is 5.32 Å². The van der Waals surface area contributed by atoms with E-state index in [9.17, 15) is 13.6 Å². The van der Waals surface area contributed by atoms with E-state index in [1.165, 1.54) is 6.07 Å². The van der Waals surface area contributed by atoms with Crippen molar-refractivity contribution in [3.05, 3.63) is 78.4 Å². The second kappa shape index (κ2) is 7.04. The van der Waals surface area contributed by atoms with Crippen molar-refractivity contribution in [2.24, 2.45) is 0 Å². The fourth-order valence-corrected chi connectivity index (χ4v) is 2.31. The fourth-order valence-electron chi connectivity index (χ4n) is 2.31. The number of amides is 1. The summed E-state index contributed by atoms with van der Waals surface area (Å²) >= 11 is 0. The van der Waals surface area contributed by atoms with E-state index in [-0.39, 0.29) is 12.3 Å². The standard InChI is InChI=1S/C18H15F2N3O/c19-16-7-1-13(11-17(16)20)2-8-18(24)22-14-3-5-15(6-4-14)23-10-9-21-12-23/h1,3-7,9-12H,2,8H2,(H,22,24). The second-order valence-corrected chi connectivity index (χ2v) is 5.31. The van der Waals surface area contributed by atoms with Crippen LogP contribution in [0.4, 0.5) is 14.5 Å². The quantitative estimate of drug-likeness (QED) is 0.776. The lowest BCUT2D eigenvalue weighted by molar-refractivity contribution is -0.116. The summed E-state index contributed by atoms with van der Waals surface area (Å²) in [5, 5.41) is 2.78. The smallest absolute Gasteiger partial charge is 0.224 e. The Balaban J connectivity index is 1.55. The minimum absolute atomic E-state index is 0.185. The van der Waals surface area contributed by atoms with E-state index in [1.54, 1.807) is 24.7 Å². The van der Waals surface area contributed by atoms with Crippen LogP contribution in [0.5, 0.6) is 0 Å². The van der Waals surface area contributed by atoms with Crippen LogP contribution in [-0.2, 0) is 11.2 Å². The minimum Gasteiger partial charge on any atom is -0.326 e.